The highest BCUT2D eigenvalue weighted by molar-refractivity contribution is 4.80. The molecule has 0 aromatic heterocycles. The molecule has 2 fully saturated rings. The fourth-order valence-electron chi connectivity index (χ4n) is 3.62. The van der Waals surface area contributed by atoms with Crippen molar-refractivity contribution in [2.24, 2.45) is 11.8 Å². The van der Waals surface area contributed by atoms with Gasteiger partial charge in [-0.1, -0.05) is 12.8 Å². The van der Waals surface area contributed by atoms with Gasteiger partial charge in [0.2, 0.25) is 0 Å². The van der Waals surface area contributed by atoms with Crippen molar-refractivity contribution in [1.29, 1.82) is 0 Å². The Morgan fingerprint density at radius 1 is 1.11 bits per heavy atom. The third-order valence-electron chi connectivity index (χ3n) is 4.72. The Hall–Kier alpha value is -0.120. The van der Waals surface area contributed by atoms with Crippen LogP contribution in [0, 0.1) is 11.8 Å². The molecule has 2 rings (SSSR count). The number of aliphatic hydroxyl groups excluding tert-OH is 1. The predicted octanol–water partition coefficient (Wildman–Crippen LogP) is 1.81. The van der Waals surface area contributed by atoms with Crippen LogP contribution in [0.15, 0.2) is 0 Å². The van der Waals surface area contributed by atoms with E-state index in [0.29, 0.717) is 5.92 Å². The van der Waals surface area contributed by atoms with E-state index in [1.54, 1.807) is 0 Å². The maximum atomic E-state index is 10.3. The third-order valence-corrected chi connectivity index (χ3v) is 4.72. The van der Waals surface area contributed by atoms with Crippen LogP contribution in [0.25, 0.3) is 0 Å². The summed E-state index contributed by atoms with van der Waals surface area (Å²) in [6.07, 6.45) is 7.68. The third kappa shape index (κ3) is 4.22. The minimum absolute atomic E-state index is 0.0714. The van der Waals surface area contributed by atoms with Gasteiger partial charge in [-0.15, -0.1) is 0 Å². The highest BCUT2D eigenvalue weighted by Crippen LogP contribution is 2.28. The molecule has 1 saturated heterocycles. The van der Waals surface area contributed by atoms with Gasteiger partial charge in [-0.2, -0.15) is 0 Å². The Kier molecular flexibility index (Phi) is 5.46. The summed E-state index contributed by atoms with van der Waals surface area (Å²) in [6, 6.07) is 0. The molecule has 2 aliphatic rings. The fraction of sp³-hybridized carbons (Fsp3) is 1.00. The molecule has 0 aromatic rings. The molecule has 0 bridgehead atoms. The van der Waals surface area contributed by atoms with Gasteiger partial charge < -0.3 is 14.9 Å². The Bertz CT molecular complexity index is 231. The van der Waals surface area contributed by atoms with E-state index in [2.05, 4.69) is 23.9 Å². The van der Waals surface area contributed by atoms with E-state index in [-0.39, 0.29) is 6.10 Å². The van der Waals surface area contributed by atoms with Crippen LogP contribution in [-0.2, 0) is 0 Å². The summed E-state index contributed by atoms with van der Waals surface area (Å²) in [5.74, 6) is 1.45. The zero-order valence-electron chi connectivity index (χ0n) is 12.1. The number of piperidine rings is 1. The number of likely N-dealkylation sites (tertiary alicyclic amines) is 1. The van der Waals surface area contributed by atoms with Gasteiger partial charge in [0.1, 0.15) is 0 Å². The summed E-state index contributed by atoms with van der Waals surface area (Å²) in [5.41, 5.74) is 0. The number of rotatable bonds is 5. The molecule has 1 aliphatic carbocycles. The molecule has 0 aromatic carbocycles. The summed E-state index contributed by atoms with van der Waals surface area (Å²) in [4.78, 5) is 4.78. The molecule has 0 radical (unpaired) electrons. The SMILES string of the molecule is CN(C)CC1CCN(CC(O)C2CCCC2)CC1. The smallest absolute Gasteiger partial charge is 0.0695 e. The van der Waals surface area contributed by atoms with Crippen LogP contribution in [0.1, 0.15) is 38.5 Å². The van der Waals surface area contributed by atoms with E-state index in [0.717, 1.165) is 12.5 Å². The molecule has 1 heterocycles. The van der Waals surface area contributed by atoms with Gasteiger partial charge in [-0.25, -0.2) is 0 Å². The molecule has 106 valence electrons. The highest BCUT2D eigenvalue weighted by atomic mass is 16.3. The first-order valence-electron chi connectivity index (χ1n) is 7.70. The van der Waals surface area contributed by atoms with E-state index < -0.39 is 0 Å². The minimum Gasteiger partial charge on any atom is -0.392 e. The second kappa shape index (κ2) is 6.88. The minimum atomic E-state index is -0.0714. The molecular formula is C15H30N2O. The standard InChI is InChI=1S/C15H30N2O/c1-16(2)11-13-7-9-17(10-8-13)12-15(18)14-5-3-4-6-14/h13-15,18H,3-12H2,1-2H3. The summed E-state index contributed by atoms with van der Waals surface area (Å²) in [6.45, 7) is 4.50. The lowest BCUT2D eigenvalue weighted by atomic mass is 9.94. The number of β-amino-alcohol motifs (C(OH)–C–C–N with tert-alkyl or cyclic N) is 1. The van der Waals surface area contributed by atoms with E-state index in [4.69, 9.17) is 0 Å². The quantitative estimate of drug-likeness (QED) is 0.810. The molecule has 1 N–H and O–H groups in total. The van der Waals surface area contributed by atoms with Gasteiger partial charge in [0.25, 0.3) is 0 Å². The van der Waals surface area contributed by atoms with Crippen molar-refractivity contribution >= 4 is 0 Å². The normalized spacial score (nSPS) is 26.0. The maximum Gasteiger partial charge on any atom is 0.0695 e. The van der Waals surface area contributed by atoms with Crippen molar-refractivity contribution in [2.45, 2.75) is 44.6 Å². The van der Waals surface area contributed by atoms with E-state index in [1.807, 2.05) is 0 Å². The van der Waals surface area contributed by atoms with Crippen LogP contribution >= 0.6 is 0 Å². The van der Waals surface area contributed by atoms with Gasteiger partial charge in [0.15, 0.2) is 0 Å². The maximum absolute atomic E-state index is 10.3. The van der Waals surface area contributed by atoms with Crippen molar-refractivity contribution in [3.05, 3.63) is 0 Å². The lowest BCUT2D eigenvalue weighted by Gasteiger charge is -2.35. The first kappa shape index (κ1) is 14.3. The molecule has 3 nitrogen and oxygen atoms in total. The first-order chi connectivity index (χ1) is 8.65. The molecule has 18 heavy (non-hydrogen) atoms. The number of hydrogen-bond acceptors (Lipinski definition) is 3. The zero-order chi connectivity index (χ0) is 13.0. The van der Waals surface area contributed by atoms with Gasteiger partial charge >= 0.3 is 0 Å². The van der Waals surface area contributed by atoms with Crippen molar-refractivity contribution in [2.75, 3.05) is 40.3 Å². The van der Waals surface area contributed by atoms with Gasteiger partial charge in [0, 0.05) is 13.1 Å². The van der Waals surface area contributed by atoms with Gasteiger partial charge in [0.05, 0.1) is 6.10 Å². The Balaban J connectivity index is 1.66. The molecule has 1 aliphatic heterocycles. The van der Waals surface area contributed by atoms with Crippen molar-refractivity contribution in [3.63, 3.8) is 0 Å². The van der Waals surface area contributed by atoms with Crippen molar-refractivity contribution in [3.8, 4) is 0 Å². The van der Waals surface area contributed by atoms with Crippen molar-refractivity contribution < 1.29 is 5.11 Å². The average molecular weight is 254 g/mol. The first-order valence-corrected chi connectivity index (χ1v) is 7.70. The van der Waals surface area contributed by atoms with E-state index in [1.165, 1.54) is 58.2 Å². The van der Waals surface area contributed by atoms with E-state index >= 15 is 0 Å². The monoisotopic (exact) mass is 254 g/mol. The molecule has 0 spiro atoms. The van der Waals surface area contributed by atoms with Crippen LogP contribution < -0.4 is 0 Å². The van der Waals surface area contributed by atoms with Crippen LogP contribution in [0.2, 0.25) is 0 Å². The molecule has 1 atom stereocenters. The Morgan fingerprint density at radius 3 is 2.28 bits per heavy atom. The summed E-state index contributed by atoms with van der Waals surface area (Å²) >= 11 is 0. The Labute approximate surface area is 112 Å². The van der Waals surface area contributed by atoms with Gasteiger partial charge in [-0.05, 0) is 64.7 Å². The number of aliphatic hydroxyl groups is 1. The van der Waals surface area contributed by atoms with Crippen LogP contribution in [0.3, 0.4) is 0 Å². The number of nitrogens with zero attached hydrogens (tertiary/aromatic N) is 2. The number of hydrogen-bond donors (Lipinski definition) is 1. The topological polar surface area (TPSA) is 26.7 Å². The largest absolute Gasteiger partial charge is 0.392 e. The highest BCUT2D eigenvalue weighted by Gasteiger charge is 2.27. The second-order valence-corrected chi connectivity index (χ2v) is 6.62. The lowest BCUT2D eigenvalue weighted by Crippen LogP contribution is -2.42. The summed E-state index contributed by atoms with van der Waals surface area (Å²) < 4.78 is 0. The molecule has 3 heteroatoms. The lowest BCUT2D eigenvalue weighted by molar-refractivity contribution is 0.0494. The summed E-state index contributed by atoms with van der Waals surface area (Å²) in [5, 5.41) is 10.3. The summed E-state index contributed by atoms with van der Waals surface area (Å²) in [7, 11) is 4.33. The molecule has 1 saturated carbocycles. The molecule has 0 amide bonds. The Morgan fingerprint density at radius 2 is 1.72 bits per heavy atom. The van der Waals surface area contributed by atoms with Gasteiger partial charge in [-0.3, -0.25) is 0 Å². The van der Waals surface area contributed by atoms with Crippen LogP contribution in [-0.4, -0.2) is 61.3 Å². The predicted molar refractivity (Wildman–Crippen MR) is 75.7 cm³/mol. The molecular weight excluding hydrogens is 224 g/mol. The average Bonchev–Trinajstić information content (AvgIpc) is 2.84. The van der Waals surface area contributed by atoms with Crippen LogP contribution in [0.4, 0.5) is 0 Å². The molecule has 1 unspecified atom stereocenters. The second-order valence-electron chi connectivity index (χ2n) is 6.62. The zero-order valence-corrected chi connectivity index (χ0v) is 12.1. The van der Waals surface area contributed by atoms with Crippen LogP contribution in [0.5, 0.6) is 0 Å². The van der Waals surface area contributed by atoms with Crippen molar-refractivity contribution in [1.82, 2.24) is 9.80 Å². The fourth-order valence-corrected chi connectivity index (χ4v) is 3.62. The van der Waals surface area contributed by atoms with E-state index in [9.17, 15) is 5.11 Å².